The smallest absolute Gasteiger partial charge is 0.246 e. The second-order valence-corrected chi connectivity index (χ2v) is 6.67. The average Bonchev–Trinajstić information content (AvgIpc) is 2.74. The van der Waals surface area contributed by atoms with E-state index in [1.165, 1.54) is 0 Å². The number of amides is 1. The van der Waals surface area contributed by atoms with Gasteiger partial charge in [0.2, 0.25) is 5.91 Å². The lowest BCUT2D eigenvalue weighted by Gasteiger charge is -2.27. The van der Waals surface area contributed by atoms with Gasteiger partial charge in [-0.3, -0.25) is 9.69 Å². The van der Waals surface area contributed by atoms with Crippen molar-refractivity contribution in [1.82, 2.24) is 10.2 Å². The van der Waals surface area contributed by atoms with E-state index in [0.29, 0.717) is 18.0 Å². The number of hydrogen-bond acceptors (Lipinski definition) is 5. The molecule has 6 heteroatoms. The van der Waals surface area contributed by atoms with E-state index >= 15 is 0 Å². The Morgan fingerprint density at radius 3 is 2.57 bits per heavy atom. The van der Waals surface area contributed by atoms with Crippen LogP contribution in [-0.2, 0) is 9.53 Å². The number of hydrogen-bond donors (Lipinski definition) is 2. The number of nitrogens with one attached hydrogen (secondary N) is 2. The first-order valence-electron chi connectivity index (χ1n) is 9.89. The summed E-state index contributed by atoms with van der Waals surface area (Å²) >= 11 is 0. The summed E-state index contributed by atoms with van der Waals surface area (Å²) in [5.74, 6) is 0.582. The van der Waals surface area contributed by atoms with Gasteiger partial charge in [0.05, 0.1) is 25.5 Å². The van der Waals surface area contributed by atoms with Gasteiger partial charge in [0.15, 0.2) is 0 Å². The van der Waals surface area contributed by atoms with Crippen molar-refractivity contribution in [3.63, 3.8) is 0 Å². The highest BCUT2D eigenvalue weighted by molar-refractivity contribution is 5.96. The second-order valence-electron chi connectivity index (χ2n) is 6.67. The maximum atomic E-state index is 13.1. The van der Waals surface area contributed by atoms with Crippen molar-refractivity contribution in [3.8, 4) is 5.75 Å². The van der Waals surface area contributed by atoms with Crippen LogP contribution < -0.4 is 15.4 Å². The number of carbonyl (C=O) groups excluding carboxylic acids is 1. The fourth-order valence-electron chi connectivity index (χ4n) is 3.26. The molecule has 1 amide bonds. The Bertz CT molecular complexity index is 733. The molecule has 1 fully saturated rings. The summed E-state index contributed by atoms with van der Waals surface area (Å²) in [6.07, 6.45) is 0. The molecule has 6 nitrogen and oxygen atoms in total. The molecule has 150 valence electrons. The molecule has 0 unspecified atom stereocenters. The number of para-hydroxylation sites is 2. The summed E-state index contributed by atoms with van der Waals surface area (Å²) in [5, 5.41) is 6.44. The molecule has 1 heterocycles. The van der Waals surface area contributed by atoms with E-state index in [9.17, 15) is 4.79 Å². The maximum Gasteiger partial charge on any atom is 0.246 e. The van der Waals surface area contributed by atoms with Gasteiger partial charge in [0.25, 0.3) is 0 Å². The number of ether oxygens (including phenoxy) is 2. The molecule has 1 saturated heterocycles. The highest BCUT2D eigenvalue weighted by Crippen LogP contribution is 2.25. The first kappa shape index (κ1) is 20.3. The van der Waals surface area contributed by atoms with Gasteiger partial charge in [-0.25, -0.2) is 0 Å². The first-order valence-corrected chi connectivity index (χ1v) is 9.89. The van der Waals surface area contributed by atoms with Crippen molar-refractivity contribution in [2.75, 3.05) is 51.3 Å². The molecular weight excluding hydrogens is 354 g/mol. The Hall–Kier alpha value is -2.41. The number of anilines is 1. The topological polar surface area (TPSA) is 62.8 Å². The van der Waals surface area contributed by atoms with Crippen LogP contribution in [0.4, 0.5) is 5.69 Å². The minimum atomic E-state index is -0.433. The number of carbonyl (C=O) groups is 1. The minimum absolute atomic E-state index is 0.0969. The zero-order chi connectivity index (χ0) is 19.6. The average molecular weight is 383 g/mol. The third kappa shape index (κ3) is 5.79. The zero-order valence-corrected chi connectivity index (χ0v) is 16.4. The summed E-state index contributed by atoms with van der Waals surface area (Å²) in [7, 11) is 0. The maximum absolute atomic E-state index is 13.1. The molecule has 2 aromatic rings. The van der Waals surface area contributed by atoms with Crippen molar-refractivity contribution in [3.05, 3.63) is 60.2 Å². The molecule has 0 saturated carbocycles. The summed E-state index contributed by atoms with van der Waals surface area (Å²) in [6.45, 7) is 7.51. The quantitative estimate of drug-likeness (QED) is 0.697. The Morgan fingerprint density at radius 2 is 1.82 bits per heavy atom. The third-order valence-electron chi connectivity index (χ3n) is 4.72. The highest BCUT2D eigenvalue weighted by atomic mass is 16.5. The minimum Gasteiger partial charge on any atom is -0.492 e. The molecule has 1 aliphatic rings. The molecular formula is C22H29N3O3. The van der Waals surface area contributed by atoms with E-state index in [1.54, 1.807) is 0 Å². The normalized spacial score (nSPS) is 15.8. The van der Waals surface area contributed by atoms with Crippen molar-refractivity contribution < 1.29 is 14.3 Å². The standard InChI is InChI=1S/C22H29N3O3/c1-2-28-20-11-7-6-10-19(20)24-22(26)21(18-8-4-3-5-9-18)23-12-13-25-14-16-27-17-15-25/h3-11,21,23H,2,12-17H2,1H3,(H,24,26)/t21-/m1/s1. The molecule has 0 aliphatic carbocycles. The number of rotatable bonds is 9. The van der Waals surface area contributed by atoms with Crippen molar-refractivity contribution in [2.45, 2.75) is 13.0 Å². The van der Waals surface area contributed by atoms with Crippen LogP contribution >= 0.6 is 0 Å². The van der Waals surface area contributed by atoms with Gasteiger partial charge >= 0.3 is 0 Å². The van der Waals surface area contributed by atoms with Crippen LogP contribution in [0.1, 0.15) is 18.5 Å². The molecule has 28 heavy (non-hydrogen) atoms. The van der Waals surface area contributed by atoms with Crippen LogP contribution in [0.2, 0.25) is 0 Å². The van der Waals surface area contributed by atoms with Gasteiger partial charge in [-0.05, 0) is 24.6 Å². The van der Waals surface area contributed by atoms with E-state index in [2.05, 4.69) is 15.5 Å². The van der Waals surface area contributed by atoms with E-state index in [-0.39, 0.29) is 5.91 Å². The summed E-state index contributed by atoms with van der Waals surface area (Å²) in [6, 6.07) is 16.9. The molecule has 2 aromatic carbocycles. The van der Waals surface area contributed by atoms with E-state index in [1.807, 2.05) is 61.5 Å². The number of nitrogens with zero attached hydrogens (tertiary/aromatic N) is 1. The van der Waals surface area contributed by atoms with Gasteiger partial charge < -0.3 is 20.1 Å². The van der Waals surface area contributed by atoms with Gasteiger partial charge in [0.1, 0.15) is 11.8 Å². The summed E-state index contributed by atoms with van der Waals surface area (Å²) < 4.78 is 11.0. The fraction of sp³-hybridized carbons (Fsp3) is 0.409. The lowest BCUT2D eigenvalue weighted by molar-refractivity contribution is -0.118. The highest BCUT2D eigenvalue weighted by Gasteiger charge is 2.21. The third-order valence-corrected chi connectivity index (χ3v) is 4.72. The molecule has 0 spiro atoms. The molecule has 3 rings (SSSR count). The van der Waals surface area contributed by atoms with Gasteiger partial charge in [-0.15, -0.1) is 0 Å². The Kier molecular flexibility index (Phi) is 7.84. The lowest BCUT2D eigenvalue weighted by atomic mass is 10.1. The van der Waals surface area contributed by atoms with E-state index < -0.39 is 6.04 Å². The van der Waals surface area contributed by atoms with Crippen LogP contribution in [0.25, 0.3) is 0 Å². The molecule has 2 N–H and O–H groups in total. The van der Waals surface area contributed by atoms with Crippen LogP contribution in [0.15, 0.2) is 54.6 Å². The molecule has 0 radical (unpaired) electrons. The predicted molar refractivity (Wildman–Crippen MR) is 111 cm³/mol. The first-order chi connectivity index (χ1) is 13.8. The van der Waals surface area contributed by atoms with Crippen molar-refractivity contribution in [2.24, 2.45) is 0 Å². The summed E-state index contributed by atoms with van der Waals surface area (Å²) in [4.78, 5) is 15.4. The second kappa shape index (κ2) is 10.8. The number of morpholine rings is 1. The van der Waals surface area contributed by atoms with Gasteiger partial charge in [0, 0.05) is 26.2 Å². The monoisotopic (exact) mass is 383 g/mol. The van der Waals surface area contributed by atoms with Crippen LogP contribution in [0.5, 0.6) is 5.75 Å². The molecule has 1 atom stereocenters. The predicted octanol–water partition coefficient (Wildman–Crippen LogP) is 2.69. The molecule has 1 aliphatic heterocycles. The van der Waals surface area contributed by atoms with Gasteiger partial charge in [-0.2, -0.15) is 0 Å². The van der Waals surface area contributed by atoms with Crippen molar-refractivity contribution in [1.29, 1.82) is 0 Å². The number of benzene rings is 2. The SMILES string of the molecule is CCOc1ccccc1NC(=O)[C@H](NCCN1CCOCC1)c1ccccc1. The van der Waals surface area contributed by atoms with Crippen LogP contribution in [0, 0.1) is 0 Å². The Morgan fingerprint density at radius 1 is 1.11 bits per heavy atom. The zero-order valence-electron chi connectivity index (χ0n) is 16.4. The van der Waals surface area contributed by atoms with Gasteiger partial charge in [-0.1, -0.05) is 42.5 Å². The summed E-state index contributed by atoms with van der Waals surface area (Å²) in [5.41, 5.74) is 1.63. The van der Waals surface area contributed by atoms with Crippen LogP contribution in [-0.4, -0.2) is 56.8 Å². The van der Waals surface area contributed by atoms with Crippen molar-refractivity contribution >= 4 is 11.6 Å². The molecule has 0 aromatic heterocycles. The van der Waals surface area contributed by atoms with E-state index in [4.69, 9.17) is 9.47 Å². The lowest BCUT2D eigenvalue weighted by Crippen LogP contribution is -2.42. The Balaban J connectivity index is 1.67. The van der Waals surface area contributed by atoms with E-state index in [0.717, 1.165) is 45.0 Å². The van der Waals surface area contributed by atoms with Crippen LogP contribution in [0.3, 0.4) is 0 Å². The fourth-order valence-corrected chi connectivity index (χ4v) is 3.26. The largest absolute Gasteiger partial charge is 0.492 e. The molecule has 0 bridgehead atoms. The Labute approximate surface area is 166 Å².